The van der Waals surface area contributed by atoms with Gasteiger partial charge >= 0.3 is 0 Å². The van der Waals surface area contributed by atoms with Crippen molar-refractivity contribution in [2.24, 2.45) is 17.6 Å². The van der Waals surface area contributed by atoms with Crippen molar-refractivity contribution in [2.45, 2.75) is 72.4 Å². The van der Waals surface area contributed by atoms with Crippen LogP contribution >= 0.6 is 0 Å². The van der Waals surface area contributed by atoms with Gasteiger partial charge in [-0.2, -0.15) is 0 Å². The van der Waals surface area contributed by atoms with Gasteiger partial charge in [0.25, 0.3) is 0 Å². The maximum absolute atomic E-state index is 12.2. The number of nitrogens with two attached hydrogens (primary N) is 1. The average Bonchev–Trinajstić information content (AvgIpc) is 2.25. The highest BCUT2D eigenvalue weighted by molar-refractivity contribution is 5.78. The fourth-order valence-corrected chi connectivity index (χ4v) is 2.27. The molecule has 0 aliphatic heterocycles. The minimum atomic E-state index is 0.114. The Morgan fingerprint density at radius 2 is 1.67 bits per heavy atom. The van der Waals surface area contributed by atoms with Crippen LogP contribution in [0.3, 0.4) is 0 Å². The third-order valence-corrected chi connectivity index (χ3v) is 3.54. The molecule has 0 aromatic carbocycles. The van der Waals surface area contributed by atoms with Gasteiger partial charge in [-0.3, -0.25) is 4.79 Å². The molecule has 0 aliphatic carbocycles. The van der Waals surface area contributed by atoms with E-state index in [4.69, 9.17) is 5.73 Å². The molecule has 0 aromatic rings. The van der Waals surface area contributed by atoms with Crippen molar-refractivity contribution in [3.63, 3.8) is 0 Å². The Hall–Kier alpha value is -0.570. The predicted octanol–water partition coefficient (Wildman–Crippen LogP) is 3.03. The summed E-state index contributed by atoms with van der Waals surface area (Å²) >= 11 is 0. The summed E-state index contributed by atoms with van der Waals surface area (Å²) in [5.41, 5.74) is 5.72. The highest BCUT2D eigenvalue weighted by atomic mass is 16.2. The van der Waals surface area contributed by atoms with E-state index >= 15 is 0 Å². The van der Waals surface area contributed by atoms with Crippen molar-refractivity contribution < 1.29 is 4.79 Å². The molecule has 0 saturated heterocycles. The summed E-state index contributed by atoms with van der Waals surface area (Å²) in [4.78, 5) is 14.1. The SMILES string of the molecule is CC(C)CC(C)N(C)C(=O)C(C)CCCC(C)N. The largest absolute Gasteiger partial charge is 0.343 e. The highest BCUT2D eigenvalue weighted by Gasteiger charge is 2.21. The van der Waals surface area contributed by atoms with Crippen molar-refractivity contribution in [1.82, 2.24) is 4.90 Å². The fraction of sp³-hybridized carbons (Fsp3) is 0.933. The topological polar surface area (TPSA) is 46.3 Å². The summed E-state index contributed by atoms with van der Waals surface area (Å²) < 4.78 is 0. The minimum absolute atomic E-state index is 0.114. The summed E-state index contributed by atoms with van der Waals surface area (Å²) in [5.74, 6) is 1.01. The van der Waals surface area contributed by atoms with Gasteiger partial charge in [-0.1, -0.05) is 27.2 Å². The smallest absolute Gasteiger partial charge is 0.225 e. The van der Waals surface area contributed by atoms with E-state index in [-0.39, 0.29) is 17.9 Å². The van der Waals surface area contributed by atoms with E-state index in [1.807, 2.05) is 25.8 Å². The zero-order valence-corrected chi connectivity index (χ0v) is 13.1. The Balaban J connectivity index is 4.11. The molecule has 0 rings (SSSR count). The summed E-state index contributed by atoms with van der Waals surface area (Å²) in [6, 6.07) is 0.568. The first-order valence-corrected chi connectivity index (χ1v) is 7.27. The van der Waals surface area contributed by atoms with E-state index in [1.165, 1.54) is 0 Å². The third kappa shape index (κ3) is 7.00. The van der Waals surface area contributed by atoms with Crippen LogP contribution in [0, 0.1) is 11.8 Å². The monoisotopic (exact) mass is 256 g/mol. The lowest BCUT2D eigenvalue weighted by molar-refractivity contribution is -0.136. The summed E-state index contributed by atoms with van der Waals surface area (Å²) in [6.07, 6.45) is 4.05. The molecule has 3 heteroatoms. The lowest BCUT2D eigenvalue weighted by Crippen LogP contribution is -2.39. The second-order valence-corrected chi connectivity index (χ2v) is 6.24. The molecule has 108 valence electrons. The molecular weight excluding hydrogens is 224 g/mol. The van der Waals surface area contributed by atoms with Gasteiger partial charge in [0, 0.05) is 25.0 Å². The molecule has 0 fully saturated rings. The van der Waals surface area contributed by atoms with Crippen molar-refractivity contribution >= 4 is 5.91 Å². The molecule has 3 nitrogen and oxygen atoms in total. The normalized spacial score (nSPS) is 16.4. The zero-order chi connectivity index (χ0) is 14.3. The molecule has 0 saturated carbocycles. The van der Waals surface area contributed by atoms with E-state index in [0.29, 0.717) is 12.0 Å². The molecule has 0 spiro atoms. The number of carbonyl (C=O) groups excluding carboxylic acids is 1. The van der Waals surface area contributed by atoms with Crippen LogP contribution in [-0.4, -0.2) is 29.9 Å². The summed E-state index contributed by atoms with van der Waals surface area (Å²) in [6.45, 7) is 10.6. The molecule has 0 radical (unpaired) electrons. The third-order valence-electron chi connectivity index (χ3n) is 3.54. The van der Waals surface area contributed by atoms with Crippen LogP contribution in [0.15, 0.2) is 0 Å². The molecule has 1 amide bonds. The zero-order valence-electron chi connectivity index (χ0n) is 13.1. The molecule has 3 unspecified atom stereocenters. The van der Waals surface area contributed by atoms with E-state index in [1.54, 1.807) is 0 Å². The van der Waals surface area contributed by atoms with Gasteiger partial charge in [0.2, 0.25) is 5.91 Å². The highest BCUT2D eigenvalue weighted by Crippen LogP contribution is 2.16. The second kappa shape index (κ2) is 8.52. The first-order valence-electron chi connectivity index (χ1n) is 7.27. The van der Waals surface area contributed by atoms with Gasteiger partial charge in [-0.15, -0.1) is 0 Å². The van der Waals surface area contributed by atoms with Crippen molar-refractivity contribution in [2.75, 3.05) is 7.05 Å². The lowest BCUT2D eigenvalue weighted by atomic mass is 9.98. The number of hydrogen-bond acceptors (Lipinski definition) is 2. The maximum Gasteiger partial charge on any atom is 0.225 e. The molecule has 0 aromatic heterocycles. The number of carbonyl (C=O) groups is 1. The molecule has 0 bridgehead atoms. The van der Waals surface area contributed by atoms with Crippen LogP contribution in [0.5, 0.6) is 0 Å². The average molecular weight is 256 g/mol. The Morgan fingerprint density at radius 1 is 1.11 bits per heavy atom. The number of amides is 1. The quantitative estimate of drug-likeness (QED) is 0.725. The first-order chi connectivity index (χ1) is 8.25. The Bertz CT molecular complexity index is 239. The van der Waals surface area contributed by atoms with Crippen LogP contribution < -0.4 is 5.73 Å². The first kappa shape index (κ1) is 17.4. The summed E-state index contributed by atoms with van der Waals surface area (Å²) in [5, 5.41) is 0. The lowest BCUT2D eigenvalue weighted by Gasteiger charge is -2.29. The number of hydrogen-bond donors (Lipinski definition) is 1. The molecule has 3 atom stereocenters. The maximum atomic E-state index is 12.2. The summed E-state index contributed by atoms with van der Waals surface area (Å²) in [7, 11) is 1.93. The van der Waals surface area contributed by atoms with Crippen molar-refractivity contribution in [3.8, 4) is 0 Å². The van der Waals surface area contributed by atoms with Crippen LogP contribution in [0.4, 0.5) is 0 Å². The van der Waals surface area contributed by atoms with Gasteiger partial charge in [0.15, 0.2) is 0 Å². The Morgan fingerprint density at radius 3 is 2.11 bits per heavy atom. The Kier molecular flexibility index (Phi) is 8.25. The van der Waals surface area contributed by atoms with E-state index in [9.17, 15) is 4.79 Å². The van der Waals surface area contributed by atoms with Crippen LogP contribution in [-0.2, 0) is 4.79 Å². The predicted molar refractivity (Wildman–Crippen MR) is 78.4 cm³/mol. The second-order valence-electron chi connectivity index (χ2n) is 6.24. The fourth-order valence-electron chi connectivity index (χ4n) is 2.27. The molecule has 0 aliphatic rings. The van der Waals surface area contributed by atoms with Gasteiger partial charge in [0.1, 0.15) is 0 Å². The van der Waals surface area contributed by atoms with Crippen LogP contribution in [0.2, 0.25) is 0 Å². The van der Waals surface area contributed by atoms with Crippen molar-refractivity contribution in [1.29, 1.82) is 0 Å². The standard InChI is InChI=1S/C15H32N2O/c1-11(2)10-14(5)17(6)15(18)12(3)8-7-9-13(4)16/h11-14H,7-10,16H2,1-6H3. The van der Waals surface area contributed by atoms with Crippen molar-refractivity contribution in [3.05, 3.63) is 0 Å². The Labute approximate surface area is 113 Å². The number of nitrogens with zero attached hydrogens (tertiary/aromatic N) is 1. The van der Waals surface area contributed by atoms with E-state index in [2.05, 4.69) is 20.8 Å². The minimum Gasteiger partial charge on any atom is -0.343 e. The van der Waals surface area contributed by atoms with Crippen LogP contribution in [0.1, 0.15) is 60.3 Å². The van der Waals surface area contributed by atoms with Gasteiger partial charge in [0.05, 0.1) is 0 Å². The molecule has 2 N–H and O–H groups in total. The molecular formula is C15H32N2O. The molecule has 18 heavy (non-hydrogen) atoms. The number of rotatable bonds is 8. The van der Waals surface area contributed by atoms with E-state index < -0.39 is 0 Å². The van der Waals surface area contributed by atoms with Crippen LogP contribution in [0.25, 0.3) is 0 Å². The van der Waals surface area contributed by atoms with Gasteiger partial charge in [-0.25, -0.2) is 0 Å². The van der Waals surface area contributed by atoms with Gasteiger partial charge in [-0.05, 0) is 39.0 Å². The van der Waals surface area contributed by atoms with Gasteiger partial charge < -0.3 is 10.6 Å². The van der Waals surface area contributed by atoms with E-state index in [0.717, 1.165) is 25.7 Å². The molecule has 0 heterocycles.